The van der Waals surface area contributed by atoms with Gasteiger partial charge >= 0.3 is 0 Å². The summed E-state index contributed by atoms with van der Waals surface area (Å²) in [5.74, 6) is -0.159. The average molecular weight is 391 g/mol. The second-order valence-electron chi connectivity index (χ2n) is 8.11. The smallest absolute Gasteiger partial charge is 0.167 e. The summed E-state index contributed by atoms with van der Waals surface area (Å²) in [6, 6.07) is -0.0403. The summed E-state index contributed by atoms with van der Waals surface area (Å²) in [4.78, 5) is 13.2. The zero-order chi connectivity index (χ0) is 19.5. The van der Waals surface area contributed by atoms with Gasteiger partial charge in [0.2, 0.25) is 0 Å². The minimum atomic E-state index is -0.749. The van der Waals surface area contributed by atoms with E-state index in [2.05, 4.69) is 20.3 Å². The van der Waals surface area contributed by atoms with Gasteiger partial charge in [0.05, 0.1) is 25.1 Å². The van der Waals surface area contributed by atoms with Crippen LogP contribution >= 0.6 is 0 Å². The molecule has 0 aromatic carbocycles. The van der Waals surface area contributed by atoms with Gasteiger partial charge in [0, 0.05) is 0 Å². The third-order valence-corrected chi connectivity index (χ3v) is 5.74. The Morgan fingerprint density at radius 2 is 2.04 bits per heavy atom. The van der Waals surface area contributed by atoms with E-state index in [-0.39, 0.29) is 31.0 Å². The molecule has 28 heavy (non-hydrogen) atoms. The Hall–Kier alpha value is -1.85. The van der Waals surface area contributed by atoms with Crippen LogP contribution in [0.4, 0.5) is 5.82 Å². The Kier molecular flexibility index (Phi) is 4.29. The lowest BCUT2D eigenvalue weighted by molar-refractivity contribution is -0.199. The number of hydrogen-bond donors (Lipinski definition) is 3. The molecule has 4 heterocycles. The molecule has 0 unspecified atom stereocenters. The molecule has 0 spiro atoms. The number of nitrogens with zero attached hydrogens (tertiary/aromatic N) is 4. The van der Waals surface area contributed by atoms with Crippen molar-refractivity contribution in [2.24, 2.45) is 0 Å². The Morgan fingerprint density at radius 1 is 1.21 bits per heavy atom. The lowest BCUT2D eigenvalue weighted by Crippen LogP contribution is -2.31. The molecule has 5 rings (SSSR count). The molecule has 1 aliphatic carbocycles. The van der Waals surface area contributed by atoms with Crippen molar-refractivity contribution in [2.75, 3.05) is 11.9 Å². The second kappa shape index (κ2) is 6.60. The minimum absolute atomic E-state index is 0.0403. The summed E-state index contributed by atoms with van der Waals surface area (Å²) >= 11 is 0. The van der Waals surface area contributed by atoms with Crippen LogP contribution < -0.4 is 5.32 Å². The van der Waals surface area contributed by atoms with Crippen molar-refractivity contribution < 1.29 is 24.4 Å². The fourth-order valence-electron chi connectivity index (χ4n) is 4.46. The molecule has 10 nitrogen and oxygen atoms in total. The summed E-state index contributed by atoms with van der Waals surface area (Å²) < 4.78 is 19.8. The van der Waals surface area contributed by atoms with Crippen LogP contribution in [0.2, 0.25) is 0 Å². The zero-order valence-corrected chi connectivity index (χ0v) is 15.9. The summed E-state index contributed by atoms with van der Waals surface area (Å²) in [6.07, 6.45) is 3.63. The molecule has 2 aliphatic heterocycles. The average Bonchev–Trinajstić information content (AvgIpc) is 3.39. The predicted molar refractivity (Wildman–Crippen MR) is 97.4 cm³/mol. The van der Waals surface area contributed by atoms with Gasteiger partial charge < -0.3 is 29.7 Å². The number of aliphatic hydroxyl groups is 2. The van der Waals surface area contributed by atoms with Crippen molar-refractivity contribution in [1.82, 2.24) is 19.5 Å². The van der Waals surface area contributed by atoms with Crippen LogP contribution in [0.3, 0.4) is 0 Å². The van der Waals surface area contributed by atoms with E-state index in [0.29, 0.717) is 17.0 Å². The monoisotopic (exact) mass is 391 g/mol. The third kappa shape index (κ3) is 2.87. The van der Waals surface area contributed by atoms with Gasteiger partial charge in [-0.2, -0.15) is 0 Å². The fourth-order valence-corrected chi connectivity index (χ4v) is 4.46. The highest BCUT2D eigenvalue weighted by molar-refractivity contribution is 5.82. The minimum Gasteiger partial charge on any atom is -0.394 e. The molecule has 0 amide bonds. The third-order valence-electron chi connectivity index (χ3n) is 5.74. The molecule has 1 saturated carbocycles. The number of nitrogens with one attached hydrogen (secondary N) is 1. The maximum absolute atomic E-state index is 10.1. The van der Waals surface area contributed by atoms with Gasteiger partial charge in [0.15, 0.2) is 29.0 Å². The van der Waals surface area contributed by atoms with Crippen LogP contribution in [0.25, 0.3) is 11.2 Å². The molecule has 2 aromatic rings. The second-order valence-corrected chi connectivity index (χ2v) is 8.11. The summed E-state index contributed by atoms with van der Waals surface area (Å²) in [5, 5.41) is 23.1. The first-order chi connectivity index (χ1) is 13.5. The highest BCUT2D eigenvalue weighted by atomic mass is 16.8. The van der Waals surface area contributed by atoms with Crippen LogP contribution in [0.15, 0.2) is 12.7 Å². The van der Waals surface area contributed by atoms with Gasteiger partial charge in [0.1, 0.15) is 24.6 Å². The first kappa shape index (κ1) is 18.2. The number of fused-ring (bicyclic) bond motifs is 2. The molecular weight excluding hydrogens is 366 g/mol. The fraction of sp³-hybridized carbons (Fsp3) is 0.722. The topological polar surface area (TPSA) is 124 Å². The molecular formula is C18H25N5O5. The molecule has 152 valence electrons. The van der Waals surface area contributed by atoms with Crippen molar-refractivity contribution in [3.63, 3.8) is 0 Å². The Morgan fingerprint density at radius 3 is 2.79 bits per heavy atom. The molecule has 2 saturated heterocycles. The van der Waals surface area contributed by atoms with Gasteiger partial charge in [-0.3, -0.25) is 4.57 Å². The van der Waals surface area contributed by atoms with E-state index in [0.717, 1.165) is 19.3 Å². The first-order valence-corrected chi connectivity index (χ1v) is 9.71. The molecule has 3 N–H and O–H groups in total. The SMILES string of the molecule is CC1(C)O[C@@H]2[C@H](O1)[C@@H](CO)O[C@H]2n1cnc2c(N[C@H]3CCC[C@@H]3O)ncnc21. The van der Waals surface area contributed by atoms with Gasteiger partial charge in [-0.1, -0.05) is 0 Å². The highest BCUT2D eigenvalue weighted by Gasteiger charge is 2.56. The van der Waals surface area contributed by atoms with E-state index in [9.17, 15) is 10.2 Å². The van der Waals surface area contributed by atoms with E-state index in [1.54, 1.807) is 10.9 Å². The largest absolute Gasteiger partial charge is 0.394 e. The lowest BCUT2D eigenvalue weighted by atomic mass is 10.1. The molecule has 10 heteroatoms. The lowest BCUT2D eigenvalue weighted by Gasteiger charge is -2.24. The molecule has 3 aliphatic rings. The van der Waals surface area contributed by atoms with E-state index in [1.807, 2.05) is 13.8 Å². The number of imidazole rings is 1. The van der Waals surface area contributed by atoms with Crippen LogP contribution in [0, 0.1) is 0 Å². The molecule has 6 atom stereocenters. The van der Waals surface area contributed by atoms with Crippen LogP contribution in [-0.2, 0) is 14.2 Å². The molecule has 2 aromatic heterocycles. The van der Waals surface area contributed by atoms with Gasteiger partial charge in [-0.15, -0.1) is 0 Å². The van der Waals surface area contributed by atoms with Crippen molar-refractivity contribution in [2.45, 2.75) is 75.6 Å². The normalized spacial score (nSPS) is 36.9. The van der Waals surface area contributed by atoms with Crippen LogP contribution in [0.1, 0.15) is 39.3 Å². The van der Waals surface area contributed by atoms with E-state index < -0.39 is 18.1 Å². The van der Waals surface area contributed by atoms with Crippen molar-refractivity contribution in [3.8, 4) is 0 Å². The number of ether oxygens (including phenoxy) is 3. The van der Waals surface area contributed by atoms with E-state index >= 15 is 0 Å². The molecule has 3 fully saturated rings. The van der Waals surface area contributed by atoms with Gasteiger partial charge in [0.25, 0.3) is 0 Å². The summed E-state index contributed by atoms with van der Waals surface area (Å²) in [7, 11) is 0. The van der Waals surface area contributed by atoms with Gasteiger partial charge in [-0.05, 0) is 33.1 Å². The van der Waals surface area contributed by atoms with Crippen LogP contribution in [0.5, 0.6) is 0 Å². The zero-order valence-electron chi connectivity index (χ0n) is 15.9. The number of hydrogen-bond acceptors (Lipinski definition) is 9. The van der Waals surface area contributed by atoms with E-state index in [4.69, 9.17) is 14.2 Å². The number of anilines is 1. The van der Waals surface area contributed by atoms with Crippen LogP contribution in [-0.4, -0.2) is 72.6 Å². The van der Waals surface area contributed by atoms with Gasteiger partial charge in [-0.25, -0.2) is 15.0 Å². The molecule has 0 bridgehead atoms. The van der Waals surface area contributed by atoms with Crippen molar-refractivity contribution in [3.05, 3.63) is 12.7 Å². The predicted octanol–water partition coefficient (Wildman–Crippen LogP) is 0.561. The maximum Gasteiger partial charge on any atom is 0.167 e. The van der Waals surface area contributed by atoms with Crippen molar-refractivity contribution in [1.29, 1.82) is 0 Å². The Labute approximate surface area is 161 Å². The maximum atomic E-state index is 10.1. The van der Waals surface area contributed by atoms with E-state index in [1.165, 1.54) is 6.33 Å². The number of aromatic nitrogens is 4. The summed E-state index contributed by atoms with van der Waals surface area (Å²) in [6.45, 7) is 3.53. The Bertz CT molecular complexity index is 873. The first-order valence-electron chi connectivity index (χ1n) is 9.71. The Balaban J connectivity index is 1.48. The number of rotatable bonds is 4. The quantitative estimate of drug-likeness (QED) is 0.686. The molecule has 0 radical (unpaired) electrons. The summed E-state index contributed by atoms with van der Waals surface area (Å²) in [5.41, 5.74) is 1.20. The standard InChI is InChI=1S/C18H25N5O5/c1-18(2)27-13-11(6-24)26-17(14(13)28-18)23-8-21-12-15(19-7-20-16(12)23)22-9-4-3-5-10(9)25/h7-11,13-14,17,24-25H,3-6H2,1-2H3,(H,19,20,22)/t9-,10-,11+,13+,14+,17+/m0/s1. The van der Waals surface area contributed by atoms with Crippen molar-refractivity contribution >= 4 is 17.0 Å². The highest BCUT2D eigenvalue weighted by Crippen LogP contribution is 2.43. The number of aliphatic hydroxyl groups excluding tert-OH is 2.